The number of amides is 1. The highest BCUT2D eigenvalue weighted by atomic mass is 127. The third-order valence-corrected chi connectivity index (χ3v) is 6.40. The van der Waals surface area contributed by atoms with E-state index >= 15 is 0 Å². The molecule has 6 heteroatoms. The molecule has 5 nitrogen and oxygen atoms in total. The predicted octanol–water partition coefficient (Wildman–Crippen LogP) is 7.05. The summed E-state index contributed by atoms with van der Waals surface area (Å²) in [5, 5.41) is 12.5. The fraction of sp³-hybridized carbons (Fsp3) is 0.241. The number of benzene rings is 3. The van der Waals surface area contributed by atoms with Gasteiger partial charge in [0.25, 0.3) is 5.91 Å². The number of nitrogens with one attached hydrogen (secondary N) is 1. The molecule has 3 rings (SSSR count). The van der Waals surface area contributed by atoms with Gasteiger partial charge in [0, 0.05) is 5.69 Å². The van der Waals surface area contributed by atoms with Crippen LogP contribution in [0.15, 0.2) is 54.1 Å². The van der Waals surface area contributed by atoms with Crippen LogP contribution in [0.5, 0.6) is 11.5 Å². The van der Waals surface area contributed by atoms with Crippen molar-refractivity contribution in [2.45, 2.75) is 41.2 Å². The molecule has 0 aliphatic carbocycles. The summed E-state index contributed by atoms with van der Waals surface area (Å²) in [6.07, 6.45) is 1.57. The van der Waals surface area contributed by atoms with E-state index < -0.39 is 5.91 Å². The second-order valence-corrected chi connectivity index (χ2v) is 9.57. The van der Waals surface area contributed by atoms with E-state index in [9.17, 15) is 10.1 Å². The zero-order chi connectivity index (χ0) is 25.5. The van der Waals surface area contributed by atoms with Gasteiger partial charge in [-0.05, 0) is 115 Å². The van der Waals surface area contributed by atoms with E-state index in [1.807, 2.05) is 51.1 Å². The van der Waals surface area contributed by atoms with E-state index in [0.717, 1.165) is 20.3 Å². The van der Waals surface area contributed by atoms with Gasteiger partial charge in [0.15, 0.2) is 11.5 Å². The summed E-state index contributed by atoms with van der Waals surface area (Å²) in [5.41, 5.74) is 6.87. The minimum absolute atomic E-state index is 0.00736. The lowest BCUT2D eigenvalue weighted by molar-refractivity contribution is -0.112. The smallest absolute Gasteiger partial charge is 0.266 e. The molecular formula is C29H29IN2O3. The molecule has 0 aliphatic rings. The first-order chi connectivity index (χ1) is 16.7. The van der Waals surface area contributed by atoms with E-state index in [1.165, 1.54) is 11.1 Å². The van der Waals surface area contributed by atoms with Crippen LogP contribution in [0.3, 0.4) is 0 Å². The van der Waals surface area contributed by atoms with Gasteiger partial charge in [-0.1, -0.05) is 30.3 Å². The first-order valence-corrected chi connectivity index (χ1v) is 12.4. The number of carbonyl (C=O) groups is 1. The van der Waals surface area contributed by atoms with Gasteiger partial charge in [0.05, 0.1) is 10.2 Å². The van der Waals surface area contributed by atoms with E-state index in [4.69, 9.17) is 9.47 Å². The fourth-order valence-corrected chi connectivity index (χ4v) is 4.28. The second kappa shape index (κ2) is 11.9. The standard InChI is InChI=1S/C29H29IN2O3/c1-6-34-27-15-23(13-24(16-31)29(33)32-26-11-18(2)7-8-20(26)4)14-25(30)28(27)35-17-22-10-9-19(3)21(5)12-22/h7-15H,6,17H2,1-5H3,(H,32,33)/b24-13+. The number of nitriles is 1. The van der Waals surface area contributed by atoms with Crippen molar-refractivity contribution in [1.29, 1.82) is 5.26 Å². The van der Waals surface area contributed by atoms with Crippen molar-refractivity contribution >= 4 is 40.3 Å². The number of nitrogens with zero attached hydrogens (tertiary/aromatic N) is 1. The Morgan fingerprint density at radius 1 is 1.00 bits per heavy atom. The average Bonchev–Trinajstić information content (AvgIpc) is 2.81. The molecule has 35 heavy (non-hydrogen) atoms. The Hall–Kier alpha value is -3.31. The highest BCUT2D eigenvalue weighted by Gasteiger charge is 2.15. The van der Waals surface area contributed by atoms with Gasteiger partial charge in [0.2, 0.25) is 0 Å². The maximum Gasteiger partial charge on any atom is 0.266 e. The Balaban J connectivity index is 1.86. The number of carbonyl (C=O) groups excluding carboxylic acids is 1. The minimum Gasteiger partial charge on any atom is -0.490 e. The van der Waals surface area contributed by atoms with Gasteiger partial charge < -0.3 is 14.8 Å². The number of rotatable bonds is 8. The number of hydrogen-bond donors (Lipinski definition) is 1. The third kappa shape index (κ3) is 6.86. The van der Waals surface area contributed by atoms with Crippen molar-refractivity contribution in [2.75, 3.05) is 11.9 Å². The molecule has 0 aromatic heterocycles. The Bertz CT molecular complexity index is 1320. The van der Waals surface area contributed by atoms with Crippen LogP contribution in [0, 0.1) is 42.6 Å². The molecule has 0 saturated carbocycles. The Labute approximate surface area is 220 Å². The summed E-state index contributed by atoms with van der Waals surface area (Å²) in [6.45, 7) is 10.8. The van der Waals surface area contributed by atoms with Crippen LogP contribution in [0.1, 0.15) is 40.3 Å². The Morgan fingerprint density at radius 3 is 2.43 bits per heavy atom. The first-order valence-electron chi connectivity index (χ1n) is 11.4. The molecule has 0 unspecified atom stereocenters. The van der Waals surface area contributed by atoms with Crippen molar-refractivity contribution < 1.29 is 14.3 Å². The van der Waals surface area contributed by atoms with Crippen LogP contribution < -0.4 is 14.8 Å². The van der Waals surface area contributed by atoms with Crippen LogP contribution in [0.2, 0.25) is 0 Å². The van der Waals surface area contributed by atoms with Gasteiger partial charge in [-0.25, -0.2) is 0 Å². The normalized spacial score (nSPS) is 11.1. The maximum atomic E-state index is 12.8. The summed E-state index contributed by atoms with van der Waals surface area (Å²) in [4.78, 5) is 12.8. The third-order valence-electron chi connectivity index (χ3n) is 5.60. The van der Waals surface area contributed by atoms with Gasteiger partial charge in [-0.3, -0.25) is 4.79 Å². The van der Waals surface area contributed by atoms with Crippen molar-refractivity contribution in [3.8, 4) is 17.6 Å². The summed E-state index contributed by atoms with van der Waals surface area (Å²) < 4.78 is 12.8. The Kier molecular flexibility index (Phi) is 8.94. The monoisotopic (exact) mass is 580 g/mol. The maximum absolute atomic E-state index is 12.8. The summed E-state index contributed by atoms with van der Waals surface area (Å²) >= 11 is 2.19. The molecule has 3 aromatic carbocycles. The fourth-order valence-electron chi connectivity index (χ4n) is 3.50. The number of ether oxygens (including phenoxy) is 2. The number of halogens is 1. The van der Waals surface area contributed by atoms with Gasteiger partial charge in [0.1, 0.15) is 18.2 Å². The molecule has 0 bridgehead atoms. The summed E-state index contributed by atoms with van der Waals surface area (Å²) in [7, 11) is 0. The predicted molar refractivity (Wildman–Crippen MR) is 149 cm³/mol. The number of anilines is 1. The lowest BCUT2D eigenvalue weighted by Crippen LogP contribution is -2.14. The van der Waals surface area contributed by atoms with Gasteiger partial charge in [-0.15, -0.1) is 0 Å². The van der Waals surface area contributed by atoms with Crippen LogP contribution in [0.4, 0.5) is 5.69 Å². The molecule has 0 atom stereocenters. The molecule has 0 aliphatic heterocycles. The van der Waals surface area contributed by atoms with E-state index in [2.05, 4.69) is 60.0 Å². The topological polar surface area (TPSA) is 71.3 Å². The number of aryl methyl sites for hydroxylation is 4. The highest BCUT2D eigenvalue weighted by molar-refractivity contribution is 14.1. The lowest BCUT2D eigenvalue weighted by atomic mass is 10.1. The summed E-state index contributed by atoms with van der Waals surface area (Å²) in [5.74, 6) is 0.757. The van der Waals surface area contributed by atoms with Gasteiger partial charge >= 0.3 is 0 Å². The largest absolute Gasteiger partial charge is 0.490 e. The quantitative estimate of drug-likeness (QED) is 0.176. The van der Waals surface area contributed by atoms with Crippen molar-refractivity contribution in [2.24, 2.45) is 0 Å². The molecule has 1 amide bonds. The summed E-state index contributed by atoms with van der Waals surface area (Å²) in [6, 6.07) is 17.8. The molecule has 180 valence electrons. The van der Waals surface area contributed by atoms with Crippen LogP contribution >= 0.6 is 22.6 Å². The Morgan fingerprint density at radius 2 is 1.74 bits per heavy atom. The van der Waals surface area contributed by atoms with Gasteiger partial charge in [-0.2, -0.15) is 5.26 Å². The second-order valence-electron chi connectivity index (χ2n) is 8.41. The SMILES string of the molecule is CCOc1cc(/C=C(\C#N)C(=O)Nc2cc(C)ccc2C)cc(I)c1OCc1ccc(C)c(C)c1. The van der Waals surface area contributed by atoms with E-state index in [0.29, 0.717) is 36.0 Å². The molecule has 1 N–H and O–H groups in total. The van der Waals surface area contributed by atoms with E-state index in [1.54, 1.807) is 12.1 Å². The molecular weight excluding hydrogens is 551 g/mol. The van der Waals surface area contributed by atoms with Crippen LogP contribution in [-0.4, -0.2) is 12.5 Å². The average molecular weight is 580 g/mol. The number of hydrogen-bond acceptors (Lipinski definition) is 4. The molecule has 0 radical (unpaired) electrons. The molecule has 0 saturated heterocycles. The zero-order valence-electron chi connectivity index (χ0n) is 20.7. The van der Waals surface area contributed by atoms with Crippen LogP contribution in [-0.2, 0) is 11.4 Å². The molecule has 0 heterocycles. The van der Waals surface area contributed by atoms with Crippen molar-refractivity contribution in [3.05, 3.63) is 91.1 Å². The molecule has 0 fully saturated rings. The van der Waals surface area contributed by atoms with E-state index in [-0.39, 0.29) is 5.57 Å². The first kappa shape index (κ1) is 26.3. The van der Waals surface area contributed by atoms with Crippen molar-refractivity contribution in [1.82, 2.24) is 0 Å². The highest BCUT2D eigenvalue weighted by Crippen LogP contribution is 2.35. The molecule has 3 aromatic rings. The minimum atomic E-state index is -0.454. The van der Waals surface area contributed by atoms with Crippen molar-refractivity contribution in [3.63, 3.8) is 0 Å². The zero-order valence-corrected chi connectivity index (χ0v) is 22.8. The van der Waals surface area contributed by atoms with Crippen LogP contribution in [0.25, 0.3) is 6.08 Å². The molecule has 0 spiro atoms. The lowest BCUT2D eigenvalue weighted by Gasteiger charge is -2.15.